The highest BCUT2D eigenvalue weighted by Crippen LogP contribution is 2.15. The van der Waals surface area contributed by atoms with Crippen LogP contribution in [0.5, 0.6) is 0 Å². The Balaban J connectivity index is 1.55. The van der Waals surface area contributed by atoms with E-state index in [1.165, 1.54) is 0 Å². The molecule has 3 rings (SSSR count). The molecule has 0 aromatic heterocycles. The Labute approximate surface area is 169 Å². The maximum Gasteiger partial charge on any atom is 0.240 e. The quantitative estimate of drug-likeness (QED) is 0.611. The number of sulfonamides is 1. The average Bonchev–Trinajstić information content (AvgIpc) is 2.74. The van der Waals surface area contributed by atoms with Crippen LogP contribution in [0.1, 0.15) is 22.3 Å². The van der Waals surface area contributed by atoms with E-state index in [2.05, 4.69) is 4.72 Å². The Hall–Kier alpha value is -3.05. The molecule has 3 aromatic rings. The Bertz CT molecular complexity index is 1110. The topological polar surface area (TPSA) is 79.2 Å². The van der Waals surface area contributed by atoms with Crippen LogP contribution in [0, 0.1) is 17.1 Å². The number of nitriles is 1. The molecule has 0 aliphatic heterocycles. The molecule has 1 N–H and O–H groups in total. The zero-order chi connectivity index (χ0) is 20.7. The molecular weight excluding hydrogens is 391 g/mol. The van der Waals surface area contributed by atoms with E-state index < -0.39 is 15.8 Å². The van der Waals surface area contributed by atoms with Crippen molar-refractivity contribution in [3.8, 4) is 6.07 Å². The number of nitrogens with zero attached hydrogens (tertiary/aromatic N) is 1. The normalized spacial score (nSPS) is 11.2. The van der Waals surface area contributed by atoms with Crippen molar-refractivity contribution in [3.63, 3.8) is 0 Å². The molecule has 0 heterocycles. The first-order valence-electron chi connectivity index (χ1n) is 8.87. The van der Waals surface area contributed by atoms with Gasteiger partial charge in [-0.15, -0.1) is 0 Å². The van der Waals surface area contributed by atoms with E-state index in [1.807, 2.05) is 54.6 Å². The van der Waals surface area contributed by atoms with E-state index in [1.54, 1.807) is 6.07 Å². The molecule has 0 saturated heterocycles. The Morgan fingerprint density at radius 1 is 0.897 bits per heavy atom. The third-order valence-electron chi connectivity index (χ3n) is 4.24. The summed E-state index contributed by atoms with van der Waals surface area (Å²) >= 11 is 0. The lowest BCUT2D eigenvalue weighted by Gasteiger charge is -2.09. The third kappa shape index (κ3) is 5.72. The van der Waals surface area contributed by atoms with Gasteiger partial charge in [0, 0.05) is 6.54 Å². The number of hydrogen-bond acceptors (Lipinski definition) is 4. The molecule has 0 atom stereocenters. The smallest absolute Gasteiger partial charge is 0.240 e. The van der Waals surface area contributed by atoms with Crippen LogP contribution in [0.15, 0.2) is 77.7 Å². The number of halogens is 1. The zero-order valence-corrected chi connectivity index (χ0v) is 16.3. The fraction of sp³-hybridized carbons (Fsp3) is 0.136. The lowest BCUT2D eigenvalue weighted by molar-refractivity contribution is 0.107. The summed E-state index contributed by atoms with van der Waals surface area (Å²) in [5, 5.41) is 8.85. The Morgan fingerprint density at radius 3 is 2.17 bits per heavy atom. The van der Waals surface area contributed by atoms with Gasteiger partial charge in [0.2, 0.25) is 10.0 Å². The highest BCUT2D eigenvalue weighted by molar-refractivity contribution is 7.89. The molecule has 7 heteroatoms. The third-order valence-corrected chi connectivity index (χ3v) is 5.64. The predicted molar refractivity (Wildman–Crippen MR) is 107 cm³/mol. The van der Waals surface area contributed by atoms with Crippen molar-refractivity contribution in [3.05, 3.63) is 101 Å². The molecule has 0 bridgehead atoms. The molecule has 0 aliphatic rings. The van der Waals surface area contributed by atoms with Crippen molar-refractivity contribution in [1.82, 2.24) is 4.72 Å². The molecule has 0 spiro atoms. The first-order chi connectivity index (χ1) is 14.0. The van der Waals surface area contributed by atoms with Gasteiger partial charge in [-0.2, -0.15) is 5.26 Å². The van der Waals surface area contributed by atoms with Gasteiger partial charge in [-0.3, -0.25) is 0 Å². The highest BCUT2D eigenvalue weighted by Gasteiger charge is 2.16. The van der Waals surface area contributed by atoms with Gasteiger partial charge in [0.1, 0.15) is 11.9 Å². The molecule has 148 valence electrons. The van der Waals surface area contributed by atoms with E-state index in [4.69, 9.17) is 10.00 Å². The van der Waals surface area contributed by atoms with Gasteiger partial charge in [0.25, 0.3) is 0 Å². The van der Waals surface area contributed by atoms with Gasteiger partial charge in [0.15, 0.2) is 0 Å². The summed E-state index contributed by atoms with van der Waals surface area (Å²) in [5.74, 6) is -0.753. The minimum atomic E-state index is -3.86. The van der Waals surface area contributed by atoms with Crippen LogP contribution >= 0.6 is 0 Å². The van der Waals surface area contributed by atoms with E-state index in [0.717, 1.165) is 34.9 Å². The summed E-state index contributed by atoms with van der Waals surface area (Å²) in [6.07, 6.45) is 0. The molecule has 0 radical (unpaired) electrons. The molecule has 5 nitrogen and oxygen atoms in total. The summed E-state index contributed by atoms with van der Waals surface area (Å²) in [6, 6.07) is 22.0. The van der Waals surface area contributed by atoms with Crippen LogP contribution in [0.25, 0.3) is 0 Å². The van der Waals surface area contributed by atoms with Crippen molar-refractivity contribution in [1.29, 1.82) is 5.26 Å². The monoisotopic (exact) mass is 410 g/mol. The maximum atomic E-state index is 13.4. The van der Waals surface area contributed by atoms with Crippen LogP contribution in [0.2, 0.25) is 0 Å². The average molecular weight is 410 g/mol. The second-order valence-electron chi connectivity index (χ2n) is 6.37. The van der Waals surface area contributed by atoms with Crippen LogP contribution < -0.4 is 4.72 Å². The minimum Gasteiger partial charge on any atom is -0.372 e. The molecular formula is C22H19FN2O3S. The van der Waals surface area contributed by atoms with Crippen LogP contribution in [0.4, 0.5) is 4.39 Å². The number of benzene rings is 3. The summed E-state index contributed by atoms with van der Waals surface area (Å²) in [5.41, 5.74) is 2.53. The van der Waals surface area contributed by atoms with Crippen LogP contribution in [-0.2, 0) is 34.5 Å². The number of rotatable bonds is 8. The fourth-order valence-electron chi connectivity index (χ4n) is 2.63. The molecule has 0 unspecified atom stereocenters. The summed E-state index contributed by atoms with van der Waals surface area (Å²) in [6.45, 7) is 1.05. The maximum absolute atomic E-state index is 13.4. The summed E-state index contributed by atoms with van der Waals surface area (Å²) < 4.78 is 46.2. The molecule has 0 amide bonds. The number of ether oxygens (including phenoxy) is 1. The molecule has 0 saturated carbocycles. The number of hydrogen-bond donors (Lipinski definition) is 1. The van der Waals surface area contributed by atoms with E-state index >= 15 is 0 Å². The summed E-state index contributed by atoms with van der Waals surface area (Å²) in [7, 11) is -3.86. The van der Waals surface area contributed by atoms with Gasteiger partial charge < -0.3 is 4.74 Å². The first-order valence-corrected chi connectivity index (χ1v) is 10.3. The van der Waals surface area contributed by atoms with E-state index in [-0.39, 0.29) is 17.0 Å². The fourth-order valence-corrected chi connectivity index (χ4v) is 3.68. The molecule has 29 heavy (non-hydrogen) atoms. The SMILES string of the molecule is N#Cc1cc(S(=O)(=O)NCc2ccc(COCc3ccccc3)cc2)ccc1F. The minimum absolute atomic E-state index is 0.0761. The standard InChI is InChI=1S/C22H19FN2O3S/c23-22-11-10-21(12-20(22)13-24)29(26,27)25-14-17-6-8-19(9-7-17)16-28-15-18-4-2-1-3-5-18/h1-12,25H,14-16H2. The lowest BCUT2D eigenvalue weighted by atomic mass is 10.1. The number of nitrogens with one attached hydrogen (secondary N) is 1. The van der Waals surface area contributed by atoms with E-state index in [9.17, 15) is 12.8 Å². The van der Waals surface area contributed by atoms with Crippen LogP contribution in [0.3, 0.4) is 0 Å². The molecule has 0 fully saturated rings. The first kappa shape index (κ1) is 20.7. The zero-order valence-electron chi connectivity index (χ0n) is 15.5. The highest BCUT2D eigenvalue weighted by atomic mass is 32.2. The predicted octanol–water partition coefficient (Wildman–Crippen LogP) is 3.89. The largest absolute Gasteiger partial charge is 0.372 e. The second kappa shape index (κ2) is 9.43. The van der Waals surface area contributed by atoms with Crippen molar-refractivity contribution < 1.29 is 17.5 Å². The van der Waals surface area contributed by atoms with Gasteiger partial charge in [-0.1, -0.05) is 54.6 Å². The van der Waals surface area contributed by atoms with Gasteiger partial charge in [0.05, 0.1) is 23.7 Å². The lowest BCUT2D eigenvalue weighted by Crippen LogP contribution is -2.23. The van der Waals surface area contributed by atoms with Crippen molar-refractivity contribution in [2.75, 3.05) is 0 Å². The van der Waals surface area contributed by atoms with Crippen LogP contribution in [-0.4, -0.2) is 8.42 Å². The van der Waals surface area contributed by atoms with Crippen molar-refractivity contribution in [2.24, 2.45) is 0 Å². The van der Waals surface area contributed by atoms with E-state index in [0.29, 0.717) is 13.2 Å². The Morgan fingerprint density at radius 2 is 1.52 bits per heavy atom. The molecule has 3 aromatic carbocycles. The van der Waals surface area contributed by atoms with Gasteiger partial charge >= 0.3 is 0 Å². The second-order valence-corrected chi connectivity index (χ2v) is 8.14. The molecule has 0 aliphatic carbocycles. The van der Waals surface area contributed by atoms with Gasteiger partial charge in [-0.05, 0) is 34.9 Å². The van der Waals surface area contributed by atoms with Crippen molar-refractivity contribution >= 4 is 10.0 Å². The van der Waals surface area contributed by atoms with Gasteiger partial charge in [-0.25, -0.2) is 17.5 Å². The van der Waals surface area contributed by atoms with Crippen molar-refractivity contribution in [2.45, 2.75) is 24.7 Å². The summed E-state index contributed by atoms with van der Waals surface area (Å²) in [4.78, 5) is -0.151. The Kier molecular flexibility index (Phi) is 6.73.